The number of hydrogen-bond acceptors (Lipinski definition) is 3. The number of aromatic amines is 1. The standard InChI is InChI=1S/C15H14ClN3O2/c1-9(17-8-11-3-2-6-21-11)14-18-13-7-10(16)4-5-12(13)15(20)19-14/h2-7,9,17H,8H2,1H3,(H,18,19,20)/p+1/t9-/m0/s1. The van der Waals surface area contributed by atoms with Crippen LogP contribution in [0.1, 0.15) is 24.6 Å². The molecule has 2 aromatic heterocycles. The highest BCUT2D eigenvalue weighted by molar-refractivity contribution is 6.31. The summed E-state index contributed by atoms with van der Waals surface area (Å²) in [7, 11) is 0. The fraction of sp³-hybridized carbons (Fsp3) is 0.200. The molecule has 0 aliphatic heterocycles. The third-order valence-corrected chi connectivity index (χ3v) is 3.61. The fourth-order valence-electron chi connectivity index (χ4n) is 2.18. The molecule has 0 unspecified atom stereocenters. The van der Waals surface area contributed by atoms with Crippen LogP contribution in [0.5, 0.6) is 0 Å². The molecule has 0 spiro atoms. The highest BCUT2D eigenvalue weighted by Crippen LogP contribution is 2.15. The second kappa shape index (κ2) is 5.71. The average molecular weight is 305 g/mol. The first-order chi connectivity index (χ1) is 10.1. The number of furan rings is 1. The van der Waals surface area contributed by atoms with E-state index in [0.717, 1.165) is 5.76 Å². The van der Waals surface area contributed by atoms with E-state index in [1.54, 1.807) is 24.5 Å². The molecule has 21 heavy (non-hydrogen) atoms. The highest BCUT2D eigenvalue weighted by atomic mass is 35.5. The van der Waals surface area contributed by atoms with Gasteiger partial charge in [0.25, 0.3) is 5.56 Å². The van der Waals surface area contributed by atoms with Crippen LogP contribution in [-0.4, -0.2) is 9.97 Å². The van der Waals surface area contributed by atoms with Crippen LogP contribution in [0.25, 0.3) is 10.9 Å². The molecule has 3 rings (SSSR count). The van der Waals surface area contributed by atoms with Gasteiger partial charge in [-0.25, -0.2) is 4.98 Å². The van der Waals surface area contributed by atoms with E-state index >= 15 is 0 Å². The molecule has 6 heteroatoms. The SMILES string of the molecule is C[C@H]([NH2+]Cc1ccco1)c1nc2cc(Cl)ccc2c(=O)[nH]1. The molecule has 5 nitrogen and oxygen atoms in total. The van der Waals surface area contributed by atoms with E-state index < -0.39 is 0 Å². The number of halogens is 1. The van der Waals surface area contributed by atoms with Gasteiger partial charge < -0.3 is 14.7 Å². The molecular weight excluding hydrogens is 290 g/mol. The minimum atomic E-state index is -0.148. The predicted octanol–water partition coefficient (Wildman–Crippen LogP) is 1.99. The van der Waals surface area contributed by atoms with Crippen molar-refractivity contribution < 1.29 is 9.73 Å². The summed E-state index contributed by atoms with van der Waals surface area (Å²) >= 11 is 5.96. The quantitative estimate of drug-likeness (QED) is 0.774. The van der Waals surface area contributed by atoms with Crippen LogP contribution in [0.15, 0.2) is 45.8 Å². The lowest BCUT2D eigenvalue weighted by molar-refractivity contribution is -0.710. The van der Waals surface area contributed by atoms with Crippen molar-refractivity contribution >= 4 is 22.5 Å². The van der Waals surface area contributed by atoms with Crippen LogP contribution in [0.2, 0.25) is 5.02 Å². The summed E-state index contributed by atoms with van der Waals surface area (Å²) in [5.41, 5.74) is 0.462. The van der Waals surface area contributed by atoms with Crippen LogP contribution in [0.4, 0.5) is 0 Å². The first kappa shape index (κ1) is 13.9. The summed E-state index contributed by atoms with van der Waals surface area (Å²) < 4.78 is 5.29. The summed E-state index contributed by atoms with van der Waals surface area (Å²) in [6, 6.07) is 8.85. The Labute approximate surface area is 126 Å². The Bertz CT molecular complexity index is 811. The summed E-state index contributed by atoms with van der Waals surface area (Å²) in [6.07, 6.45) is 1.64. The van der Waals surface area contributed by atoms with Crippen LogP contribution >= 0.6 is 11.6 Å². The molecule has 0 amide bonds. The summed E-state index contributed by atoms with van der Waals surface area (Å²) in [5.74, 6) is 1.51. The zero-order chi connectivity index (χ0) is 14.8. The third-order valence-electron chi connectivity index (χ3n) is 3.37. The second-order valence-electron chi connectivity index (χ2n) is 4.92. The van der Waals surface area contributed by atoms with Gasteiger partial charge in [-0.1, -0.05) is 11.6 Å². The van der Waals surface area contributed by atoms with Crippen molar-refractivity contribution in [3.8, 4) is 0 Å². The molecule has 1 aromatic carbocycles. The molecule has 3 N–H and O–H groups in total. The topological polar surface area (TPSA) is 75.5 Å². The average Bonchev–Trinajstić information content (AvgIpc) is 2.97. The highest BCUT2D eigenvalue weighted by Gasteiger charge is 2.14. The number of benzene rings is 1. The van der Waals surface area contributed by atoms with Crippen LogP contribution < -0.4 is 10.9 Å². The van der Waals surface area contributed by atoms with Crippen molar-refractivity contribution in [2.24, 2.45) is 0 Å². The number of rotatable bonds is 4. The molecule has 3 aromatic rings. The van der Waals surface area contributed by atoms with Crippen molar-refractivity contribution in [2.75, 3.05) is 0 Å². The minimum Gasteiger partial charge on any atom is -0.463 e. The molecular formula is C15H15ClN3O2+. The Balaban J connectivity index is 1.87. The Morgan fingerprint density at radius 2 is 2.29 bits per heavy atom. The largest absolute Gasteiger partial charge is 0.463 e. The van der Waals surface area contributed by atoms with Crippen molar-refractivity contribution in [1.29, 1.82) is 0 Å². The van der Waals surface area contributed by atoms with E-state index in [2.05, 4.69) is 9.97 Å². The maximum atomic E-state index is 12.1. The van der Waals surface area contributed by atoms with E-state index in [9.17, 15) is 4.79 Å². The van der Waals surface area contributed by atoms with Gasteiger partial charge in [0, 0.05) is 5.02 Å². The normalized spacial score (nSPS) is 12.7. The molecule has 0 aliphatic rings. The number of nitrogens with two attached hydrogens (primary N) is 1. The van der Waals surface area contributed by atoms with Gasteiger partial charge in [-0.3, -0.25) is 4.79 Å². The number of H-pyrrole nitrogens is 1. The molecule has 0 radical (unpaired) electrons. The van der Waals surface area contributed by atoms with Gasteiger partial charge in [0.2, 0.25) is 0 Å². The molecule has 0 saturated carbocycles. The number of nitrogens with zero attached hydrogens (tertiary/aromatic N) is 1. The molecule has 0 saturated heterocycles. The molecule has 0 fully saturated rings. The Kier molecular flexibility index (Phi) is 3.77. The number of nitrogens with one attached hydrogen (secondary N) is 1. The first-order valence-corrected chi connectivity index (χ1v) is 7.06. The van der Waals surface area contributed by atoms with E-state index in [4.69, 9.17) is 16.0 Å². The molecule has 1 atom stereocenters. The van der Waals surface area contributed by atoms with Crippen molar-refractivity contribution in [3.63, 3.8) is 0 Å². The lowest BCUT2D eigenvalue weighted by Gasteiger charge is -2.09. The van der Waals surface area contributed by atoms with E-state index in [1.165, 1.54) is 0 Å². The first-order valence-electron chi connectivity index (χ1n) is 6.68. The monoisotopic (exact) mass is 304 g/mol. The molecule has 108 valence electrons. The van der Waals surface area contributed by atoms with E-state index in [-0.39, 0.29) is 11.6 Å². The van der Waals surface area contributed by atoms with Gasteiger partial charge in [0.15, 0.2) is 11.6 Å². The lowest BCUT2D eigenvalue weighted by Crippen LogP contribution is -2.83. The third kappa shape index (κ3) is 2.99. The maximum absolute atomic E-state index is 12.1. The van der Waals surface area contributed by atoms with Gasteiger partial charge in [-0.15, -0.1) is 0 Å². The van der Waals surface area contributed by atoms with Gasteiger partial charge in [0.05, 0.1) is 17.2 Å². The Hall–Kier alpha value is -2.11. The van der Waals surface area contributed by atoms with Crippen LogP contribution in [0.3, 0.4) is 0 Å². The molecule has 0 aliphatic carbocycles. The van der Waals surface area contributed by atoms with Gasteiger partial charge >= 0.3 is 0 Å². The summed E-state index contributed by atoms with van der Waals surface area (Å²) in [6.45, 7) is 2.67. The Morgan fingerprint density at radius 3 is 3.05 bits per heavy atom. The number of aromatic nitrogens is 2. The number of quaternary nitrogens is 1. The van der Waals surface area contributed by atoms with Crippen LogP contribution in [0, 0.1) is 0 Å². The van der Waals surface area contributed by atoms with Crippen molar-refractivity contribution in [3.05, 3.63) is 63.6 Å². The fourth-order valence-corrected chi connectivity index (χ4v) is 2.35. The zero-order valence-electron chi connectivity index (χ0n) is 11.5. The van der Waals surface area contributed by atoms with Crippen LogP contribution in [-0.2, 0) is 6.54 Å². The maximum Gasteiger partial charge on any atom is 0.258 e. The lowest BCUT2D eigenvalue weighted by atomic mass is 10.2. The van der Waals surface area contributed by atoms with Gasteiger partial charge in [0.1, 0.15) is 12.6 Å². The molecule has 2 heterocycles. The second-order valence-corrected chi connectivity index (χ2v) is 5.36. The number of hydrogen-bond donors (Lipinski definition) is 2. The Morgan fingerprint density at radius 1 is 1.43 bits per heavy atom. The van der Waals surface area contributed by atoms with Gasteiger partial charge in [-0.05, 0) is 37.3 Å². The summed E-state index contributed by atoms with van der Waals surface area (Å²) in [4.78, 5) is 19.4. The number of fused-ring (bicyclic) bond motifs is 1. The van der Waals surface area contributed by atoms with Crippen molar-refractivity contribution in [1.82, 2.24) is 9.97 Å². The molecule has 0 bridgehead atoms. The van der Waals surface area contributed by atoms with E-state index in [1.807, 2.05) is 24.4 Å². The van der Waals surface area contributed by atoms with E-state index in [0.29, 0.717) is 28.3 Å². The minimum absolute atomic E-state index is 0.00572. The van der Waals surface area contributed by atoms with Gasteiger partial charge in [-0.2, -0.15) is 0 Å². The predicted molar refractivity (Wildman–Crippen MR) is 80.1 cm³/mol. The summed E-state index contributed by atoms with van der Waals surface area (Å²) in [5, 5.41) is 3.16. The smallest absolute Gasteiger partial charge is 0.258 e. The zero-order valence-corrected chi connectivity index (χ0v) is 12.2. The van der Waals surface area contributed by atoms with Crippen molar-refractivity contribution in [2.45, 2.75) is 19.5 Å².